The zero-order chi connectivity index (χ0) is 12.8. The molecule has 0 radical (unpaired) electrons. The molecule has 0 aromatic carbocycles. The molecule has 5 heteroatoms. The maximum Gasteiger partial charge on any atom is 0.121 e. The van der Waals surface area contributed by atoms with E-state index in [1.165, 1.54) is 21.8 Å². The lowest BCUT2D eigenvalue weighted by molar-refractivity contribution is 1.02. The highest BCUT2D eigenvalue weighted by Gasteiger charge is 2.34. The quantitative estimate of drug-likeness (QED) is 0.784. The summed E-state index contributed by atoms with van der Waals surface area (Å²) in [4.78, 5) is 0. The third kappa shape index (κ3) is 1.74. The molecular weight excluding hydrogens is 228 g/mol. The normalized spacial score (nSPS) is 12.1. The highest BCUT2D eigenvalue weighted by atomic mass is 28.3. The van der Waals surface area contributed by atoms with Gasteiger partial charge < -0.3 is 0 Å². The van der Waals surface area contributed by atoms with Crippen molar-refractivity contribution in [3.05, 3.63) is 22.8 Å². The van der Waals surface area contributed by atoms with E-state index in [1.54, 1.807) is 0 Å². The summed E-state index contributed by atoms with van der Waals surface area (Å²) in [6.45, 7) is 13.1. The van der Waals surface area contributed by atoms with E-state index in [1.807, 2.05) is 0 Å². The second-order valence-electron chi connectivity index (χ2n) is 5.24. The summed E-state index contributed by atoms with van der Waals surface area (Å²) < 4.78 is 0. The Labute approximate surface area is 103 Å². The number of hydrogen-bond acceptors (Lipinski definition) is 2. The molecule has 2 heterocycles. The van der Waals surface area contributed by atoms with E-state index in [9.17, 15) is 0 Å². The standard InChI is InChI=1S/C12H20N4Si/c1-7-11(8(2)14-13-7)17(5,6)12-9(3)15-16-10(12)4/h1-6H3,(H,13,14)(H,15,16). The van der Waals surface area contributed by atoms with Crippen LogP contribution in [0.5, 0.6) is 0 Å². The molecule has 2 aromatic rings. The summed E-state index contributed by atoms with van der Waals surface area (Å²) in [7, 11) is -1.72. The highest BCUT2D eigenvalue weighted by molar-refractivity contribution is 7.01. The number of H-pyrrole nitrogens is 2. The van der Waals surface area contributed by atoms with Gasteiger partial charge in [-0.2, -0.15) is 10.2 Å². The van der Waals surface area contributed by atoms with E-state index in [2.05, 4.69) is 61.2 Å². The Morgan fingerprint density at radius 2 is 1.12 bits per heavy atom. The molecule has 0 aliphatic heterocycles. The Kier molecular flexibility index (Phi) is 2.73. The van der Waals surface area contributed by atoms with Crippen LogP contribution in [-0.2, 0) is 0 Å². The lowest BCUT2D eigenvalue weighted by Gasteiger charge is -2.24. The van der Waals surface area contributed by atoms with Gasteiger partial charge in [-0.25, -0.2) is 0 Å². The Balaban J connectivity index is 2.65. The number of nitrogens with one attached hydrogen (secondary N) is 2. The van der Waals surface area contributed by atoms with E-state index < -0.39 is 8.07 Å². The molecule has 0 aliphatic rings. The van der Waals surface area contributed by atoms with Crippen LogP contribution in [0.3, 0.4) is 0 Å². The Hall–Kier alpha value is -1.36. The van der Waals surface area contributed by atoms with Crippen molar-refractivity contribution in [3.8, 4) is 0 Å². The summed E-state index contributed by atoms with van der Waals surface area (Å²) >= 11 is 0. The zero-order valence-corrected chi connectivity index (χ0v) is 12.4. The Morgan fingerprint density at radius 1 is 0.765 bits per heavy atom. The predicted octanol–water partition coefficient (Wildman–Crippen LogP) is 1.19. The van der Waals surface area contributed by atoms with Crippen LogP contribution in [0.1, 0.15) is 22.8 Å². The van der Waals surface area contributed by atoms with Crippen molar-refractivity contribution in [2.45, 2.75) is 40.8 Å². The molecule has 0 fully saturated rings. The molecule has 4 nitrogen and oxygen atoms in total. The van der Waals surface area contributed by atoms with Crippen LogP contribution in [0.2, 0.25) is 13.1 Å². The van der Waals surface area contributed by atoms with Crippen LogP contribution in [-0.4, -0.2) is 28.5 Å². The van der Waals surface area contributed by atoms with Crippen LogP contribution >= 0.6 is 0 Å². The van der Waals surface area contributed by atoms with Gasteiger partial charge in [-0.05, 0) is 38.1 Å². The first kappa shape index (κ1) is 12.1. The summed E-state index contributed by atoms with van der Waals surface area (Å²) in [5, 5.41) is 17.7. The summed E-state index contributed by atoms with van der Waals surface area (Å²) in [6, 6.07) is 0. The fraction of sp³-hybridized carbons (Fsp3) is 0.500. The van der Waals surface area contributed by atoms with Gasteiger partial charge >= 0.3 is 0 Å². The van der Waals surface area contributed by atoms with E-state index in [0.29, 0.717) is 0 Å². The van der Waals surface area contributed by atoms with Gasteiger partial charge in [-0.1, -0.05) is 13.1 Å². The van der Waals surface area contributed by atoms with Gasteiger partial charge in [-0.15, -0.1) is 0 Å². The first-order valence-corrected chi connectivity index (χ1v) is 8.89. The molecular formula is C12H20N4Si. The van der Waals surface area contributed by atoms with Crippen molar-refractivity contribution >= 4 is 18.4 Å². The van der Waals surface area contributed by atoms with Gasteiger partial charge in [-0.3, -0.25) is 10.2 Å². The largest absolute Gasteiger partial charge is 0.283 e. The maximum atomic E-state index is 4.33. The minimum absolute atomic E-state index is 1.12. The zero-order valence-electron chi connectivity index (χ0n) is 11.4. The predicted molar refractivity (Wildman–Crippen MR) is 72.9 cm³/mol. The molecule has 0 saturated carbocycles. The summed E-state index contributed by atoms with van der Waals surface area (Å²) in [5.41, 5.74) is 4.64. The Bertz CT molecular complexity index is 464. The van der Waals surface area contributed by atoms with Gasteiger partial charge in [0.2, 0.25) is 0 Å². The number of rotatable bonds is 2. The number of aromatic nitrogens is 4. The molecule has 0 aliphatic carbocycles. The molecule has 0 unspecified atom stereocenters. The van der Waals surface area contributed by atoms with Crippen molar-refractivity contribution in [2.75, 3.05) is 0 Å². The average Bonchev–Trinajstić information content (AvgIpc) is 2.71. The fourth-order valence-corrected chi connectivity index (χ4v) is 7.23. The third-order valence-corrected chi connectivity index (χ3v) is 7.48. The van der Waals surface area contributed by atoms with Crippen LogP contribution in [0.25, 0.3) is 0 Å². The summed E-state index contributed by atoms with van der Waals surface area (Å²) in [6.07, 6.45) is 0. The van der Waals surface area contributed by atoms with Gasteiger partial charge in [0.05, 0.1) is 11.4 Å². The Morgan fingerprint density at radius 3 is 1.35 bits per heavy atom. The van der Waals surface area contributed by atoms with E-state index in [-0.39, 0.29) is 0 Å². The number of hydrogen-bond donors (Lipinski definition) is 2. The molecule has 0 bridgehead atoms. The van der Waals surface area contributed by atoms with Crippen molar-refractivity contribution in [3.63, 3.8) is 0 Å². The molecule has 92 valence electrons. The lowest BCUT2D eigenvalue weighted by atomic mass is 10.4. The van der Waals surface area contributed by atoms with Crippen molar-refractivity contribution in [2.24, 2.45) is 0 Å². The van der Waals surface area contributed by atoms with Gasteiger partial charge in [0.1, 0.15) is 8.07 Å². The second-order valence-corrected chi connectivity index (χ2v) is 9.49. The topological polar surface area (TPSA) is 57.4 Å². The molecule has 0 amide bonds. The molecule has 0 atom stereocenters. The molecule has 0 spiro atoms. The minimum atomic E-state index is -1.72. The van der Waals surface area contributed by atoms with Crippen LogP contribution < -0.4 is 10.4 Å². The van der Waals surface area contributed by atoms with Crippen molar-refractivity contribution < 1.29 is 0 Å². The average molecular weight is 248 g/mol. The molecule has 0 saturated heterocycles. The minimum Gasteiger partial charge on any atom is -0.283 e. The SMILES string of the molecule is Cc1n[nH]c(C)c1[Si](C)(C)c1c(C)n[nH]c1C. The lowest BCUT2D eigenvalue weighted by Crippen LogP contribution is -2.55. The van der Waals surface area contributed by atoms with E-state index in [0.717, 1.165) is 11.4 Å². The monoisotopic (exact) mass is 248 g/mol. The fourth-order valence-electron chi connectivity index (χ4n) is 3.07. The molecule has 2 aromatic heterocycles. The first-order chi connectivity index (χ1) is 7.85. The van der Waals surface area contributed by atoms with Crippen LogP contribution in [0.15, 0.2) is 0 Å². The number of aryl methyl sites for hydroxylation is 4. The highest BCUT2D eigenvalue weighted by Crippen LogP contribution is 2.12. The van der Waals surface area contributed by atoms with Crippen molar-refractivity contribution in [1.82, 2.24) is 20.4 Å². The first-order valence-electron chi connectivity index (χ1n) is 5.89. The number of aromatic amines is 2. The third-order valence-electron chi connectivity index (χ3n) is 3.51. The molecule has 17 heavy (non-hydrogen) atoms. The molecule has 2 rings (SSSR count). The van der Waals surface area contributed by atoms with Gasteiger partial charge in [0.25, 0.3) is 0 Å². The van der Waals surface area contributed by atoms with Gasteiger partial charge in [0.15, 0.2) is 0 Å². The molecule has 2 N–H and O–H groups in total. The van der Waals surface area contributed by atoms with E-state index in [4.69, 9.17) is 0 Å². The maximum absolute atomic E-state index is 4.33. The van der Waals surface area contributed by atoms with Crippen LogP contribution in [0.4, 0.5) is 0 Å². The van der Waals surface area contributed by atoms with E-state index >= 15 is 0 Å². The summed E-state index contributed by atoms with van der Waals surface area (Å²) in [5.74, 6) is 0. The van der Waals surface area contributed by atoms with Crippen LogP contribution in [0, 0.1) is 27.7 Å². The smallest absolute Gasteiger partial charge is 0.121 e. The van der Waals surface area contributed by atoms with Gasteiger partial charge in [0, 0.05) is 11.4 Å². The number of nitrogens with zero attached hydrogens (tertiary/aromatic N) is 2. The second kappa shape index (κ2) is 3.84. The van der Waals surface area contributed by atoms with Crippen molar-refractivity contribution in [1.29, 1.82) is 0 Å².